The van der Waals surface area contributed by atoms with E-state index in [-0.39, 0.29) is 12.5 Å². The van der Waals surface area contributed by atoms with Gasteiger partial charge in [0.2, 0.25) is 15.9 Å². The Morgan fingerprint density at radius 3 is 2.38 bits per heavy atom. The molecular formula is C24H23N3O4S3. The average Bonchev–Trinajstić information content (AvgIpc) is 3.24. The number of ether oxygens (including phenoxy) is 1. The first-order valence-electron chi connectivity index (χ1n) is 10.4. The number of aromatic nitrogens is 1. The fourth-order valence-electron chi connectivity index (χ4n) is 3.13. The molecule has 4 rings (SSSR count). The van der Waals surface area contributed by atoms with E-state index >= 15 is 0 Å². The molecular weight excluding hydrogens is 490 g/mol. The molecule has 1 heterocycles. The minimum absolute atomic E-state index is 0.302. The third-order valence-electron chi connectivity index (χ3n) is 4.72. The van der Waals surface area contributed by atoms with E-state index < -0.39 is 10.0 Å². The minimum Gasteiger partial charge on any atom is -0.457 e. The molecule has 0 aliphatic rings. The zero-order valence-corrected chi connectivity index (χ0v) is 20.8. The van der Waals surface area contributed by atoms with Crippen molar-refractivity contribution in [3.63, 3.8) is 0 Å². The highest BCUT2D eigenvalue weighted by Crippen LogP contribution is 2.29. The number of hydrogen-bond acceptors (Lipinski definition) is 7. The number of hydrogen-bond donors (Lipinski definition) is 1. The number of thioether (sulfide) groups is 1. The van der Waals surface area contributed by atoms with Gasteiger partial charge in [0.05, 0.1) is 22.2 Å². The molecule has 34 heavy (non-hydrogen) atoms. The van der Waals surface area contributed by atoms with Crippen LogP contribution in [0.15, 0.2) is 83.2 Å². The van der Waals surface area contributed by atoms with Gasteiger partial charge in [-0.1, -0.05) is 42.1 Å². The number of nitrogens with one attached hydrogen (secondary N) is 1. The molecule has 0 unspecified atom stereocenters. The summed E-state index contributed by atoms with van der Waals surface area (Å²) in [7, 11) is -3.66. The molecule has 0 saturated carbocycles. The molecule has 7 nitrogen and oxygen atoms in total. The van der Waals surface area contributed by atoms with Crippen molar-refractivity contribution >= 4 is 54.9 Å². The maximum atomic E-state index is 12.5. The average molecular weight is 514 g/mol. The summed E-state index contributed by atoms with van der Waals surface area (Å²) >= 11 is 3.17. The second-order valence-electron chi connectivity index (χ2n) is 7.32. The molecule has 1 amide bonds. The number of nitrogens with zero attached hydrogens (tertiary/aromatic N) is 2. The van der Waals surface area contributed by atoms with Gasteiger partial charge < -0.3 is 10.1 Å². The van der Waals surface area contributed by atoms with Crippen LogP contribution in [0.5, 0.6) is 11.5 Å². The highest BCUT2D eigenvalue weighted by molar-refractivity contribution is 8.01. The lowest BCUT2D eigenvalue weighted by Crippen LogP contribution is -2.41. The zero-order valence-electron chi connectivity index (χ0n) is 18.4. The summed E-state index contributed by atoms with van der Waals surface area (Å²) in [5.74, 6) is 1.51. The van der Waals surface area contributed by atoms with Crippen molar-refractivity contribution < 1.29 is 17.9 Å². The number of carbonyl (C=O) groups excluding carboxylic acids is 1. The Morgan fingerprint density at radius 2 is 1.68 bits per heavy atom. The van der Waals surface area contributed by atoms with E-state index in [1.54, 1.807) is 47.4 Å². The van der Waals surface area contributed by atoms with Gasteiger partial charge in [-0.05, 0) is 48.5 Å². The van der Waals surface area contributed by atoms with Crippen LogP contribution in [0.2, 0.25) is 0 Å². The van der Waals surface area contributed by atoms with Crippen LogP contribution in [-0.2, 0) is 14.8 Å². The maximum absolute atomic E-state index is 12.5. The third kappa shape index (κ3) is 6.49. The first kappa shape index (κ1) is 24.1. The van der Waals surface area contributed by atoms with Crippen LogP contribution in [0.3, 0.4) is 0 Å². The number of benzene rings is 3. The number of anilines is 1. The van der Waals surface area contributed by atoms with Gasteiger partial charge in [-0.15, -0.1) is 11.3 Å². The van der Waals surface area contributed by atoms with Gasteiger partial charge >= 0.3 is 0 Å². The van der Waals surface area contributed by atoms with Crippen molar-refractivity contribution in [2.45, 2.75) is 4.34 Å². The van der Waals surface area contributed by atoms with Crippen LogP contribution in [0.4, 0.5) is 5.69 Å². The first-order valence-corrected chi connectivity index (χ1v) is 14.1. The van der Waals surface area contributed by atoms with Gasteiger partial charge in [0.25, 0.3) is 0 Å². The van der Waals surface area contributed by atoms with E-state index in [0.29, 0.717) is 29.5 Å². The quantitative estimate of drug-likeness (QED) is 0.243. The standard InChI is InChI=1S/C24H23N3O4S3/c1-34(29,30)27(18-11-13-20(14-12-18)31-19-7-3-2-4-8-19)17-23(28)25-15-16-32-24-26-21-9-5-6-10-22(21)33-24/h2-14H,15-17H2,1H3,(H,25,28). The number of para-hydroxylation sites is 2. The fourth-order valence-corrected chi connectivity index (χ4v) is 5.98. The molecule has 0 radical (unpaired) electrons. The van der Waals surface area contributed by atoms with E-state index in [1.165, 1.54) is 0 Å². The van der Waals surface area contributed by atoms with Crippen molar-refractivity contribution in [3.05, 3.63) is 78.9 Å². The van der Waals surface area contributed by atoms with Crippen molar-refractivity contribution in [3.8, 4) is 11.5 Å². The molecule has 0 saturated heterocycles. The molecule has 0 spiro atoms. The number of fused-ring (bicyclic) bond motifs is 1. The number of thiazole rings is 1. The number of carbonyl (C=O) groups is 1. The molecule has 0 aliphatic carbocycles. The van der Waals surface area contributed by atoms with E-state index in [4.69, 9.17) is 4.74 Å². The zero-order chi connectivity index (χ0) is 24.0. The Kier molecular flexibility index (Phi) is 7.71. The summed E-state index contributed by atoms with van der Waals surface area (Å²) in [5.41, 5.74) is 1.35. The van der Waals surface area contributed by atoms with Gasteiger partial charge in [-0.2, -0.15) is 0 Å². The van der Waals surface area contributed by atoms with Gasteiger partial charge in [0, 0.05) is 12.3 Å². The lowest BCUT2D eigenvalue weighted by molar-refractivity contribution is -0.119. The summed E-state index contributed by atoms with van der Waals surface area (Å²) in [6.07, 6.45) is 1.08. The molecule has 0 aliphatic heterocycles. The molecule has 1 aromatic heterocycles. The molecule has 4 aromatic rings. The topological polar surface area (TPSA) is 88.6 Å². The van der Waals surface area contributed by atoms with Gasteiger partial charge in [0.15, 0.2) is 4.34 Å². The Hall–Kier alpha value is -3.08. The molecule has 1 N–H and O–H groups in total. The summed E-state index contributed by atoms with van der Waals surface area (Å²) < 4.78 is 33.6. The largest absolute Gasteiger partial charge is 0.457 e. The Bertz CT molecular complexity index is 1320. The van der Waals surface area contributed by atoms with Crippen LogP contribution in [0.1, 0.15) is 0 Å². The summed E-state index contributed by atoms with van der Waals surface area (Å²) in [4.78, 5) is 17.0. The first-order chi connectivity index (χ1) is 16.4. The SMILES string of the molecule is CS(=O)(=O)N(CC(=O)NCCSc1nc2ccccc2s1)c1ccc(Oc2ccccc2)cc1. The van der Waals surface area contributed by atoms with E-state index in [2.05, 4.69) is 10.3 Å². The lowest BCUT2D eigenvalue weighted by atomic mass is 10.3. The van der Waals surface area contributed by atoms with E-state index in [9.17, 15) is 13.2 Å². The van der Waals surface area contributed by atoms with Gasteiger partial charge in [-0.25, -0.2) is 13.4 Å². The lowest BCUT2D eigenvalue weighted by Gasteiger charge is -2.22. The highest BCUT2D eigenvalue weighted by atomic mass is 32.2. The van der Waals surface area contributed by atoms with Crippen LogP contribution < -0.4 is 14.4 Å². The fraction of sp³-hybridized carbons (Fsp3) is 0.167. The molecule has 0 atom stereocenters. The van der Waals surface area contributed by atoms with Crippen LogP contribution in [0.25, 0.3) is 10.2 Å². The van der Waals surface area contributed by atoms with Crippen LogP contribution in [0, 0.1) is 0 Å². The molecule has 0 fully saturated rings. The van der Waals surface area contributed by atoms with Crippen molar-refractivity contribution in [2.75, 3.05) is 29.4 Å². The maximum Gasteiger partial charge on any atom is 0.240 e. The van der Waals surface area contributed by atoms with E-state index in [0.717, 1.165) is 25.1 Å². The normalized spacial score (nSPS) is 11.3. The van der Waals surface area contributed by atoms with E-state index in [1.807, 2.05) is 54.6 Å². The Balaban J connectivity index is 1.31. The second-order valence-corrected chi connectivity index (χ2v) is 11.6. The number of amides is 1. The number of sulfonamides is 1. The van der Waals surface area contributed by atoms with Crippen molar-refractivity contribution in [1.82, 2.24) is 10.3 Å². The van der Waals surface area contributed by atoms with Crippen LogP contribution in [-0.4, -0.2) is 44.4 Å². The Labute approximate surface area is 206 Å². The minimum atomic E-state index is -3.66. The smallest absolute Gasteiger partial charge is 0.240 e. The van der Waals surface area contributed by atoms with Gasteiger partial charge in [0.1, 0.15) is 18.0 Å². The third-order valence-corrected chi connectivity index (χ3v) is 8.04. The Morgan fingerprint density at radius 1 is 1.00 bits per heavy atom. The molecule has 176 valence electrons. The molecule has 10 heteroatoms. The van der Waals surface area contributed by atoms with Crippen LogP contribution >= 0.6 is 23.1 Å². The summed E-state index contributed by atoms with van der Waals surface area (Å²) in [6.45, 7) is 0.102. The predicted octanol–water partition coefficient (Wildman–Crippen LogP) is 4.76. The summed E-state index contributed by atoms with van der Waals surface area (Å²) in [5, 5.41) is 2.79. The summed E-state index contributed by atoms with van der Waals surface area (Å²) in [6, 6.07) is 23.8. The second kappa shape index (κ2) is 10.9. The monoisotopic (exact) mass is 513 g/mol. The van der Waals surface area contributed by atoms with Gasteiger partial charge in [-0.3, -0.25) is 9.10 Å². The number of rotatable bonds is 10. The van der Waals surface area contributed by atoms with Crippen molar-refractivity contribution in [2.24, 2.45) is 0 Å². The molecule has 0 bridgehead atoms. The highest BCUT2D eigenvalue weighted by Gasteiger charge is 2.21. The molecule has 3 aromatic carbocycles. The predicted molar refractivity (Wildman–Crippen MR) is 139 cm³/mol. The van der Waals surface area contributed by atoms with Crippen molar-refractivity contribution in [1.29, 1.82) is 0 Å².